The van der Waals surface area contributed by atoms with Crippen LogP contribution in [-0.4, -0.2) is 73.6 Å². The number of allylic oxidation sites excluding steroid dienone is 1. The van der Waals surface area contributed by atoms with Crippen LogP contribution in [0.15, 0.2) is 34.0 Å². The molecular formula is C16H16N6O7S2. The number of rotatable bonds is 7. The molecule has 15 heteroatoms. The molecule has 3 heterocycles. The summed E-state index contributed by atoms with van der Waals surface area (Å²) >= 11 is 2.27. The summed E-state index contributed by atoms with van der Waals surface area (Å²) in [5.74, 6) is -2.60. The number of nitrogens with zero attached hydrogens (tertiary/aromatic N) is 3. The van der Waals surface area contributed by atoms with Crippen LogP contribution in [0, 0.1) is 0 Å². The molecule has 0 aromatic carbocycles. The van der Waals surface area contributed by atoms with E-state index >= 15 is 0 Å². The lowest BCUT2D eigenvalue weighted by atomic mass is 10.0. The first kappa shape index (κ1) is 22.1. The zero-order chi connectivity index (χ0) is 22.7. The van der Waals surface area contributed by atoms with Crippen LogP contribution in [0.25, 0.3) is 0 Å². The molecule has 0 saturated carbocycles. The molecule has 1 fully saturated rings. The number of nitrogens with two attached hydrogens (primary N) is 2. The van der Waals surface area contributed by atoms with Crippen molar-refractivity contribution in [3.05, 3.63) is 34.5 Å². The van der Waals surface area contributed by atoms with Crippen molar-refractivity contribution >= 4 is 57.8 Å². The molecule has 2 atom stereocenters. The summed E-state index contributed by atoms with van der Waals surface area (Å²) in [6, 6.07) is -1.02. The molecule has 164 valence electrons. The molecule has 1 aromatic rings. The number of thioether (sulfide) groups is 1. The van der Waals surface area contributed by atoms with Crippen molar-refractivity contribution in [3.63, 3.8) is 0 Å². The number of anilines is 1. The zero-order valence-electron chi connectivity index (χ0n) is 15.5. The monoisotopic (exact) mass is 468 g/mol. The zero-order valence-corrected chi connectivity index (χ0v) is 17.2. The van der Waals surface area contributed by atoms with Crippen molar-refractivity contribution in [1.82, 2.24) is 15.2 Å². The number of amides is 3. The van der Waals surface area contributed by atoms with Gasteiger partial charge in [0.1, 0.15) is 29.4 Å². The van der Waals surface area contributed by atoms with Gasteiger partial charge >= 0.3 is 12.1 Å². The number of hydrogen-bond donors (Lipinski definition) is 5. The number of fused-ring (bicyclic) bond motifs is 1. The predicted molar refractivity (Wildman–Crippen MR) is 109 cm³/mol. The standard InChI is InChI=1S/C16H16N6O7S2/c17-15-19-7(5-31-15)8(21-28)11(23)20-9-12(24)22-10(14(25)26)6(4-30-13(9)22)2-1-3-29-16(18)27/h1-2,5,9,13,28H,3-4H2,(H2,17,19)(H2,18,27)(H,20,23)(H,25,26)/b2-1-,21-8-/t9?,13-/m0/s1. The largest absolute Gasteiger partial charge is 0.477 e. The van der Waals surface area contributed by atoms with E-state index in [2.05, 4.69) is 20.2 Å². The highest BCUT2D eigenvalue weighted by molar-refractivity contribution is 8.00. The van der Waals surface area contributed by atoms with Gasteiger partial charge in [-0.3, -0.25) is 14.5 Å². The van der Waals surface area contributed by atoms with Crippen LogP contribution in [-0.2, 0) is 19.1 Å². The Morgan fingerprint density at radius 2 is 2.19 bits per heavy atom. The van der Waals surface area contributed by atoms with Crippen LogP contribution in [0.1, 0.15) is 5.69 Å². The highest BCUT2D eigenvalue weighted by Crippen LogP contribution is 2.40. The summed E-state index contributed by atoms with van der Waals surface area (Å²) in [7, 11) is 0. The van der Waals surface area contributed by atoms with Gasteiger partial charge in [0.15, 0.2) is 10.8 Å². The van der Waals surface area contributed by atoms with E-state index in [-0.39, 0.29) is 28.9 Å². The number of oxime groups is 1. The van der Waals surface area contributed by atoms with Crippen LogP contribution in [0.5, 0.6) is 0 Å². The summed E-state index contributed by atoms with van der Waals surface area (Å²) in [4.78, 5) is 52.3. The average Bonchev–Trinajstić information content (AvgIpc) is 3.14. The van der Waals surface area contributed by atoms with Gasteiger partial charge in [-0.25, -0.2) is 14.6 Å². The number of aliphatic carboxylic acids is 1. The van der Waals surface area contributed by atoms with Crippen LogP contribution in [0.4, 0.5) is 9.93 Å². The third-order valence-electron chi connectivity index (χ3n) is 4.21. The first-order valence-corrected chi connectivity index (χ1v) is 10.4. The second-order valence-electron chi connectivity index (χ2n) is 6.09. The lowest BCUT2D eigenvalue weighted by Gasteiger charge is -2.49. The molecule has 3 rings (SSSR count). The van der Waals surface area contributed by atoms with Crippen molar-refractivity contribution in [1.29, 1.82) is 0 Å². The Morgan fingerprint density at radius 3 is 2.77 bits per heavy atom. The Bertz CT molecular complexity index is 1030. The summed E-state index contributed by atoms with van der Waals surface area (Å²) in [6.45, 7) is -0.156. The molecule has 1 saturated heterocycles. The van der Waals surface area contributed by atoms with Crippen molar-refractivity contribution in [3.8, 4) is 0 Å². The molecule has 1 aromatic heterocycles. The molecule has 0 aliphatic carbocycles. The molecule has 2 aliphatic heterocycles. The second kappa shape index (κ2) is 9.05. The van der Waals surface area contributed by atoms with Gasteiger partial charge in [-0.15, -0.1) is 23.1 Å². The number of thiazole rings is 1. The third-order valence-corrected chi connectivity index (χ3v) is 6.18. The summed E-state index contributed by atoms with van der Waals surface area (Å²) in [5.41, 5.74) is 10.1. The topological polar surface area (TPSA) is 211 Å². The fourth-order valence-corrected chi connectivity index (χ4v) is 4.78. The summed E-state index contributed by atoms with van der Waals surface area (Å²) in [6.07, 6.45) is 1.85. The van der Waals surface area contributed by atoms with Gasteiger partial charge in [0, 0.05) is 11.1 Å². The van der Waals surface area contributed by atoms with E-state index in [4.69, 9.17) is 16.7 Å². The van der Waals surface area contributed by atoms with Crippen LogP contribution >= 0.6 is 23.1 Å². The first-order chi connectivity index (χ1) is 14.7. The minimum absolute atomic E-state index is 0.0409. The summed E-state index contributed by atoms with van der Waals surface area (Å²) in [5, 5.41) is 25.0. The maximum Gasteiger partial charge on any atom is 0.404 e. The maximum absolute atomic E-state index is 12.6. The van der Waals surface area contributed by atoms with Gasteiger partial charge < -0.3 is 31.8 Å². The van der Waals surface area contributed by atoms with Gasteiger partial charge in [0.25, 0.3) is 11.8 Å². The number of carbonyl (C=O) groups excluding carboxylic acids is 3. The third kappa shape index (κ3) is 4.46. The van der Waals surface area contributed by atoms with E-state index in [1.165, 1.54) is 29.3 Å². The molecule has 0 bridgehead atoms. The molecule has 7 N–H and O–H groups in total. The van der Waals surface area contributed by atoms with E-state index in [0.29, 0.717) is 5.57 Å². The van der Waals surface area contributed by atoms with Gasteiger partial charge in [-0.2, -0.15) is 0 Å². The molecule has 3 amide bonds. The normalized spacial score (nSPS) is 21.0. The summed E-state index contributed by atoms with van der Waals surface area (Å²) < 4.78 is 4.55. The van der Waals surface area contributed by atoms with Crippen LogP contribution in [0.2, 0.25) is 0 Å². The smallest absolute Gasteiger partial charge is 0.404 e. The van der Waals surface area contributed by atoms with Crippen molar-refractivity contribution in [2.75, 3.05) is 18.1 Å². The molecule has 1 unspecified atom stereocenters. The molecule has 2 aliphatic rings. The molecule has 13 nitrogen and oxygen atoms in total. The van der Waals surface area contributed by atoms with Gasteiger partial charge in [0.2, 0.25) is 0 Å². The van der Waals surface area contributed by atoms with Crippen LogP contribution in [0.3, 0.4) is 0 Å². The Labute approximate surface area is 182 Å². The molecule has 0 radical (unpaired) electrons. The lowest BCUT2D eigenvalue weighted by Crippen LogP contribution is -2.71. The Morgan fingerprint density at radius 1 is 1.45 bits per heavy atom. The van der Waals surface area contributed by atoms with E-state index in [1.54, 1.807) is 0 Å². The number of hydrogen-bond acceptors (Lipinski definition) is 11. The maximum atomic E-state index is 12.6. The highest BCUT2D eigenvalue weighted by atomic mass is 32.2. The van der Waals surface area contributed by atoms with Gasteiger partial charge in [-0.05, 0) is 11.6 Å². The fraction of sp³-hybridized carbons (Fsp3) is 0.250. The first-order valence-electron chi connectivity index (χ1n) is 8.48. The number of β-lactam (4-membered cyclic amide) rings is 1. The Balaban J connectivity index is 1.74. The number of nitrogen functional groups attached to an aromatic ring is 1. The molecule has 0 spiro atoms. The Kier molecular flexibility index (Phi) is 6.45. The fourth-order valence-electron chi connectivity index (χ4n) is 2.91. The predicted octanol–water partition coefficient (Wildman–Crippen LogP) is -0.706. The average molecular weight is 468 g/mol. The number of primary amides is 1. The number of ether oxygens (including phenoxy) is 1. The van der Waals surface area contributed by atoms with E-state index < -0.39 is 41.0 Å². The lowest BCUT2D eigenvalue weighted by molar-refractivity contribution is -0.150. The van der Waals surface area contributed by atoms with Crippen LogP contribution < -0.4 is 16.8 Å². The van der Waals surface area contributed by atoms with E-state index in [0.717, 1.165) is 16.2 Å². The molecular weight excluding hydrogens is 452 g/mol. The quantitative estimate of drug-likeness (QED) is 0.147. The SMILES string of the molecule is NC(=O)OC/C=C\C1=C(C(=O)O)N2C(=O)C(NC(=O)/C(=N\O)c3csc(N)n3)[C@@H]2SC1. The minimum Gasteiger partial charge on any atom is -0.477 e. The minimum atomic E-state index is -1.32. The second-order valence-corrected chi connectivity index (χ2v) is 8.09. The Hall–Kier alpha value is -3.59. The highest BCUT2D eigenvalue weighted by Gasteiger charge is 2.54. The number of carboxylic acid groups (broad SMARTS) is 1. The van der Waals surface area contributed by atoms with Crippen molar-refractivity contribution < 1.29 is 34.2 Å². The number of carbonyl (C=O) groups is 4. The number of aromatic nitrogens is 1. The van der Waals surface area contributed by atoms with E-state index in [9.17, 15) is 24.3 Å². The van der Waals surface area contributed by atoms with Crippen molar-refractivity contribution in [2.45, 2.75) is 11.4 Å². The van der Waals surface area contributed by atoms with Gasteiger partial charge in [-0.1, -0.05) is 11.2 Å². The number of carboxylic acids is 1. The number of nitrogens with one attached hydrogen (secondary N) is 1. The van der Waals surface area contributed by atoms with Crippen molar-refractivity contribution in [2.24, 2.45) is 10.9 Å². The van der Waals surface area contributed by atoms with E-state index in [1.807, 2.05) is 0 Å². The van der Waals surface area contributed by atoms with Gasteiger partial charge in [0.05, 0.1) is 0 Å². The molecule has 31 heavy (non-hydrogen) atoms.